The van der Waals surface area contributed by atoms with E-state index >= 15 is 0 Å². The van der Waals surface area contributed by atoms with Crippen LogP contribution in [0.5, 0.6) is 5.75 Å². The number of methoxy groups -OCH3 is 1. The number of rotatable bonds is 4. The highest BCUT2D eigenvalue weighted by atomic mass is 35.5. The van der Waals surface area contributed by atoms with Gasteiger partial charge in [0.15, 0.2) is 4.87 Å². The third kappa shape index (κ3) is 3.93. The van der Waals surface area contributed by atoms with Crippen LogP contribution in [0.3, 0.4) is 0 Å². The smallest absolute Gasteiger partial charge is 0.323 e. The van der Waals surface area contributed by atoms with Crippen LogP contribution >= 0.6 is 23.4 Å². The van der Waals surface area contributed by atoms with Gasteiger partial charge in [-0.1, -0.05) is 35.9 Å². The Morgan fingerprint density at radius 2 is 1.91 bits per heavy atom. The van der Waals surface area contributed by atoms with Crippen LogP contribution in [0.25, 0.3) is 0 Å². The summed E-state index contributed by atoms with van der Waals surface area (Å²) in [6.07, 6.45) is 0. The monoisotopic (exact) mass is 507 g/mol. The van der Waals surface area contributed by atoms with Gasteiger partial charge in [-0.25, -0.2) is 4.79 Å². The van der Waals surface area contributed by atoms with E-state index in [9.17, 15) is 9.59 Å². The summed E-state index contributed by atoms with van der Waals surface area (Å²) < 4.78 is 5.49. The minimum Gasteiger partial charge on any atom is -0.497 e. The van der Waals surface area contributed by atoms with Gasteiger partial charge >= 0.3 is 6.03 Å². The third-order valence-electron chi connectivity index (χ3n) is 6.69. The van der Waals surface area contributed by atoms with Crippen molar-refractivity contribution in [2.24, 2.45) is 0 Å². The van der Waals surface area contributed by atoms with E-state index < -0.39 is 4.87 Å². The van der Waals surface area contributed by atoms with Gasteiger partial charge in [0, 0.05) is 28.6 Å². The fourth-order valence-corrected chi connectivity index (χ4v) is 6.33. The number of carbonyl (C=O) groups is 2. The summed E-state index contributed by atoms with van der Waals surface area (Å²) in [5.41, 5.74) is 5.30. The van der Waals surface area contributed by atoms with Crippen LogP contribution < -0.4 is 15.0 Å². The van der Waals surface area contributed by atoms with E-state index in [1.165, 1.54) is 11.8 Å². The largest absolute Gasteiger partial charge is 0.497 e. The van der Waals surface area contributed by atoms with Crippen molar-refractivity contribution in [3.05, 3.63) is 87.9 Å². The molecule has 35 heavy (non-hydrogen) atoms. The molecule has 8 heteroatoms. The molecule has 3 aromatic rings. The second kappa shape index (κ2) is 9.13. The molecular formula is C27H26ClN3O3S. The molecule has 2 aliphatic rings. The first kappa shape index (κ1) is 23.6. The van der Waals surface area contributed by atoms with Crippen molar-refractivity contribution in [3.63, 3.8) is 0 Å². The molecule has 0 radical (unpaired) electrons. The Bertz CT molecular complexity index is 1330. The van der Waals surface area contributed by atoms with Crippen LogP contribution in [-0.4, -0.2) is 36.2 Å². The van der Waals surface area contributed by atoms with E-state index in [0.717, 1.165) is 27.9 Å². The van der Waals surface area contributed by atoms with Crippen LogP contribution in [0.15, 0.2) is 60.7 Å². The number of benzene rings is 3. The van der Waals surface area contributed by atoms with Crippen LogP contribution in [0.4, 0.5) is 16.2 Å². The second-order valence-electron chi connectivity index (χ2n) is 8.74. The minimum absolute atomic E-state index is 0.154. The van der Waals surface area contributed by atoms with Crippen molar-refractivity contribution >= 4 is 46.7 Å². The summed E-state index contributed by atoms with van der Waals surface area (Å²) in [5, 5.41) is 3.60. The number of anilines is 2. The molecule has 1 fully saturated rings. The molecule has 180 valence electrons. The predicted molar refractivity (Wildman–Crippen MR) is 141 cm³/mol. The number of nitrogens with zero attached hydrogens (tertiary/aromatic N) is 2. The molecule has 6 nitrogen and oxygen atoms in total. The first-order valence-electron chi connectivity index (χ1n) is 11.4. The third-order valence-corrected chi connectivity index (χ3v) is 8.48. The number of fused-ring (bicyclic) bond motifs is 2. The van der Waals surface area contributed by atoms with Crippen molar-refractivity contribution in [3.8, 4) is 5.75 Å². The summed E-state index contributed by atoms with van der Waals surface area (Å²) in [6, 6.07) is 18.6. The number of ether oxygens (including phenoxy) is 1. The van der Waals surface area contributed by atoms with E-state index in [2.05, 4.69) is 5.32 Å². The topological polar surface area (TPSA) is 61.9 Å². The van der Waals surface area contributed by atoms with Crippen molar-refractivity contribution in [2.45, 2.75) is 25.3 Å². The normalized spacial score (nSPS) is 18.8. The van der Waals surface area contributed by atoms with Gasteiger partial charge in [-0.2, -0.15) is 0 Å². The summed E-state index contributed by atoms with van der Waals surface area (Å²) in [5.74, 6) is 1.12. The van der Waals surface area contributed by atoms with Gasteiger partial charge in [-0.15, -0.1) is 11.8 Å². The van der Waals surface area contributed by atoms with Crippen LogP contribution in [0, 0.1) is 13.8 Å². The van der Waals surface area contributed by atoms with Crippen molar-refractivity contribution in [2.75, 3.05) is 29.6 Å². The zero-order chi connectivity index (χ0) is 24.7. The zero-order valence-electron chi connectivity index (χ0n) is 19.8. The Labute approximate surface area is 214 Å². The standard InChI is InChI=1S/C27H26ClN3O3S/c1-17-8-9-20(14-18(17)2)29-26(33)31-12-13-35-27(31)22-15-21(34-3)10-11-24(22)30(25(27)32)16-19-6-4-5-7-23(19)28/h4-11,14-15H,12-13,16H2,1-3H3,(H,29,33)/t27-/m0/s1. The molecule has 1 saturated heterocycles. The summed E-state index contributed by atoms with van der Waals surface area (Å²) in [4.78, 5) is 30.0. The van der Waals surface area contributed by atoms with Crippen molar-refractivity contribution in [1.82, 2.24) is 4.90 Å². The number of thioether (sulfide) groups is 1. The first-order chi connectivity index (χ1) is 16.8. The lowest BCUT2D eigenvalue weighted by Gasteiger charge is -2.33. The average molecular weight is 508 g/mol. The summed E-state index contributed by atoms with van der Waals surface area (Å²) >= 11 is 7.91. The number of hydrogen-bond acceptors (Lipinski definition) is 4. The Morgan fingerprint density at radius 1 is 1.11 bits per heavy atom. The molecular weight excluding hydrogens is 482 g/mol. The molecule has 1 atom stereocenters. The quantitative estimate of drug-likeness (QED) is 0.474. The molecule has 0 aliphatic carbocycles. The number of urea groups is 1. The molecule has 5 rings (SSSR count). The Morgan fingerprint density at radius 3 is 2.66 bits per heavy atom. The fraction of sp³-hybridized carbons (Fsp3) is 0.259. The first-order valence-corrected chi connectivity index (χ1v) is 12.7. The van der Waals surface area contributed by atoms with E-state index in [1.54, 1.807) is 16.9 Å². The fourth-order valence-electron chi connectivity index (χ4n) is 4.69. The summed E-state index contributed by atoms with van der Waals surface area (Å²) in [6.45, 7) is 4.80. The molecule has 0 bridgehead atoms. The van der Waals surface area contributed by atoms with Crippen LogP contribution in [0.1, 0.15) is 22.3 Å². The van der Waals surface area contributed by atoms with E-state index in [1.807, 2.05) is 74.5 Å². The van der Waals surface area contributed by atoms with Crippen molar-refractivity contribution in [1.29, 1.82) is 0 Å². The lowest BCUT2D eigenvalue weighted by Crippen LogP contribution is -2.51. The Balaban J connectivity index is 1.55. The molecule has 3 aromatic carbocycles. The van der Waals surface area contributed by atoms with Crippen LogP contribution in [-0.2, 0) is 16.2 Å². The maximum absolute atomic E-state index is 14.2. The molecule has 1 spiro atoms. The van der Waals surface area contributed by atoms with Gasteiger partial charge in [-0.05, 0) is 66.9 Å². The molecule has 3 amide bonds. The average Bonchev–Trinajstić information content (AvgIpc) is 3.39. The highest BCUT2D eigenvalue weighted by Crippen LogP contribution is 2.55. The van der Waals surface area contributed by atoms with Crippen LogP contribution in [0.2, 0.25) is 5.02 Å². The number of nitrogens with one attached hydrogen (secondary N) is 1. The number of aryl methyl sites for hydroxylation is 2. The number of hydrogen-bond donors (Lipinski definition) is 1. The SMILES string of the molecule is COc1ccc2c(c1)[C@]1(SCCN1C(=O)Nc1ccc(C)c(C)c1)C(=O)N2Cc1ccccc1Cl. The highest BCUT2D eigenvalue weighted by molar-refractivity contribution is 8.01. The molecule has 0 unspecified atom stereocenters. The summed E-state index contributed by atoms with van der Waals surface area (Å²) in [7, 11) is 1.60. The van der Waals surface area contributed by atoms with Gasteiger partial charge in [0.1, 0.15) is 5.75 Å². The maximum Gasteiger partial charge on any atom is 0.323 e. The Kier molecular flexibility index (Phi) is 6.15. The van der Waals surface area contributed by atoms with Crippen molar-refractivity contribution < 1.29 is 14.3 Å². The molecule has 0 saturated carbocycles. The maximum atomic E-state index is 14.2. The lowest BCUT2D eigenvalue weighted by molar-refractivity contribution is -0.123. The van der Waals surface area contributed by atoms with E-state index in [0.29, 0.717) is 35.3 Å². The van der Waals surface area contributed by atoms with Gasteiger partial charge < -0.3 is 15.0 Å². The van der Waals surface area contributed by atoms with E-state index in [-0.39, 0.29) is 11.9 Å². The molecule has 2 aliphatic heterocycles. The van der Waals surface area contributed by atoms with Gasteiger partial charge in [0.05, 0.1) is 19.3 Å². The second-order valence-corrected chi connectivity index (χ2v) is 10.4. The van der Waals surface area contributed by atoms with Gasteiger partial charge in [0.2, 0.25) is 0 Å². The zero-order valence-corrected chi connectivity index (χ0v) is 21.4. The van der Waals surface area contributed by atoms with E-state index in [4.69, 9.17) is 16.3 Å². The molecule has 1 N–H and O–H groups in total. The number of amides is 3. The lowest BCUT2D eigenvalue weighted by atomic mass is 10.1. The predicted octanol–water partition coefficient (Wildman–Crippen LogP) is 5.95. The molecule has 0 aromatic heterocycles. The number of carbonyl (C=O) groups excluding carboxylic acids is 2. The highest BCUT2D eigenvalue weighted by Gasteiger charge is 2.59. The van der Waals surface area contributed by atoms with Gasteiger partial charge in [0.25, 0.3) is 5.91 Å². The molecule has 2 heterocycles. The van der Waals surface area contributed by atoms with Gasteiger partial charge in [-0.3, -0.25) is 9.69 Å². The Hall–Kier alpha value is -3.16. The minimum atomic E-state index is -1.17. The number of halogens is 1.